The Morgan fingerprint density at radius 2 is 2.04 bits per heavy atom. The fourth-order valence-corrected chi connectivity index (χ4v) is 4.34. The largest absolute Gasteiger partial charge is 0.366 e. The van der Waals surface area contributed by atoms with E-state index in [0.717, 1.165) is 23.6 Å². The van der Waals surface area contributed by atoms with Crippen molar-refractivity contribution >= 4 is 23.7 Å². The third-order valence-electron chi connectivity index (χ3n) is 5.77. The number of nitrogens with two attached hydrogens (primary N) is 1. The minimum Gasteiger partial charge on any atom is -0.366 e. The molecule has 8 heteroatoms. The Morgan fingerprint density at radius 1 is 1.23 bits per heavy atom. The highest BCUT2D eigenvalue weighted by atomic mass is 35.5. The molecule has 0 spiro atoms. The molecule has 5 nitrogen and oxygen atoms in total. The molecule has 0 radical (unpaired) electrons. The highest BCUT2D eigenvalue weighted by Crippen LogP contribution is 2.42. The highest BCUT2D eigenvalue weighted by molar-refractivity contribution is 5.85. The first-order valence-corrected chi connectivity index (χ1v) is 9.11. The van der Waals surface area contributed by atoms with Crippen LogP contribution in [0, 0.1) is 0 Å². The maximum atomic E-state index is 13.8. The lowest BCUT2D eigenvalue weighted by molar-refractivity contribution is 0.0125. The average molecular weight is 384 g/mol. The van der Waals surface area contributed by atoms with Gasteiger partial charge in [0.05, 0.1) is 17.9 Å². The number of hydrogen-bond donors (Lipinski definition) is 1. The second-order valence-electron chi connectivity index (χ2n) is 7.73. The van der Waals surface area contributed by atoms with E-state index < -0.39 is 5.92 Å². The van der Waals surface area contributed by atoms with Gasteiger partial charge in [-0.15, -0.1) is 12.4 Å². The van der Waals surface area contributed by atoms with E-state index in [1.165, 1.54) is 18.4 Å². The van der Waals surface area contributed by atoms with Crippen LogP contribution in [0.25, 0.3) is 5.65 Å². The first kappa shape index (κ1) is 17.9. The van der Waals surface area contributed by atoms with E-state index in [4.69, 9.17) is 5.73 Å². The Labute approximate surface area is 157 Å². The van der Waals surface area contributed by atoms with Crippen molar-refractivity contribution in [2.75, 3.05) is 31.1 Å². The van der Waals surface area contributed by atoms with Gasteiger partial charge in [-0.2, -0.15) is 0 Å². The third kappa shape index (κ3) is 3.06. The monoisotopic (exact) mass is 383 g/mol. The van der Waals surface area contributed by atoms with Gasteiger partial charge in [-0.05, 0) is 30.4 Å². The van der Waals surface area contributed by atoms with Crippen LogP contribution in [0.1, 0.15) is 36.4 Å². The van der Waals surface area contributed by atoms with Gasteiger partial charge in [0, 0.05) is 51.0 Å². The lowest BCUT2D eigenvalue weighted by Gasteiger charge is -2.38. The van der Waals surface area contributed by atoms with Gasteiger partial charge in [0.2, 0.25) is 0 Å². The van der Waals surface area contributed by atoms with Gasteiger partial charge in [0.15, 0.2) is 5.65 Å². The molecule has 5 rings (SSSR count). The molecule has 0 bridgehead atoms. The van der Waals surface area contributed by atoms with Gasteiger partial charge in [-0.25, -0.2) is 13.8 Å². The van der Waals surface area contributed by atoms with Crippen molar-refractivity contribution in [3.8, 4) is 0 Å². The molecule has 2 aliphatic heterocycles. The topological polar surface area (TPSA) is 49.8 Å². The maximum Gasteiger partial charge on any atom is 0.262 e. The average Bonchev–Trinajstić information content (AvgIpc) is 3.26. The molecule has 1 atom stereocenters. The predicted molar refractivity (Wildman–Crippen MR) is 99.4 cm³/mol. The van der Waals surface area contributed by atoms with Gasteiger partial charge < -0.3 is 15.0 Å². The van der Waals surface area contributed by atoms with Crippen molar-refractivity contribution < 1.29 is 8.78 Å². The molecule has 2 N–H and O–H groups in total. The summed E-state index contributed by atoms with van der Waals surface area (Å²) in [6.07, 6.45) is 6.57. The summed E-state index contributed by atoms with van der Waals surface area (Å²) in [5, 5.41) is 0. The van der Waals surface area contributed by atoms with Crippen molar-refractivity contribution in [1.29, 1.82) is 0 Å². The number of fused-ring (bicyclic) bond motifs is 2. The van der Waals surface area contributed by atoms with E-state index in [9.17, 15) is 8.78 Å². The van der Waals surface area contributed by atoms with E-state index in [1.807, 2.05) is 11.1 Å². The van der Waals surface area contributed by atoms with Crippen LogP contribution in [0.3, 0.4) is 0 Å². The van der Waals surface area contributed by atoms with E-state index in [-0.39, 0.29) is 31.4 Å². The fraction of sp³-hybridized carbons (Fsp3) is 0.611. The summed E-state index contributed by atoms with van der Waals surface area (Å²) >= 11 is 0. The zero-order valence-electron chi connectivity index (χ0n) is 14.6. The van der Waals surface area contributed by atoms with Crippen LogP contribution in [-0.4, -0.2) is 52.4 Å². The maximum absolute atomic E-state index is 13.8. The second kappa shape index (κ2) is 6.32. The van der Waals surface area contributed by atoms with E-state index in [0.29, 0.717) is 25.6 Å². The van der Waals surface area contributed by atoms with Crippen molar-refractivity contribution in [2.45, 2.75) is 43.7 Å². The zero-order chi connectivity index (χ0) is 17.2. The Bertz CT molecular complexity index is 819. The molecule has 0 amide bonds. The first-order valence-electron chi connectivity index (χ1n) is 9.11. The molecule has 0 aromatic carbocycles. The number of rotatable bonds is 3. The molecule has 2 saturated heterocycles. The van der Waals surface area contributed by atoms with Gasteiger partial charge in [-0.3, -0.25) is 4.90 Å². The van der Waals surface area contributed by atoms with E-state index in [1.54, 1.807) is 0 Å². The molecule has 2 aromatic rings. The Balaban J connectivity index is 0.00000168. The lowest BCUT2D eigenvalue weighted by atomic mass is 10.1. The van der Waals surface area contributed by atoms with Gasteiger partial charge in [-0.1, -0.05) is 0 Å². The summed E-state index contributed by atoms with van der Waals surface area (Å²) < 4.78 is 29.6. The van der Waals surface area contributed by atoms with Crippen LogP contribution in [-0.2, 0) is 6.54 Å². The summed E-state index contributed by atoms with van der Waals surface area (Å²) in [7, 11) is 0. The van der Waals surface area contributed by atoms with Crippen molar-refractivity contribution in [3.05, 3.63) is 29.7 Å². The molecular formula is C18H24ClF2N5. The van der Waals surface area contributed by atoms with Crippen molar-refractivity contribution in [2.24, 2.45) is 5.73 Å². The summed E-state index contributed by atoms with van der Waals surface area (Å²) in [5.74, 6) is -1.92. The lowest BCUT2D eigenvalue weighted by Crippen LogP contribution is -2.50. The predicted octanol–water partition coefficient (Wildman–Crippen LogP) is 2.62. The van der Waals surface area contributed by atoms with Crippen LogP contribution in [0.5, 0.6) is 0 Å². The Morgan fingerprint density at radius 3 is 2.77 bits per heavy atom. The molecule has 2 aromatic heterocycles. The Kier molecular flexibility index (Phi) is 4.36. The molecule has 26 heavy (non-hydrogen) atoms. The standard InChI is InChI=1S/C18H23F2N5.ClH/c19-18(20)6-15-10-23(3-4-24(15)11-18)16-5-13(12-1-2-12)8-25-9-14(7-21)22-17(16)25;/h5,8-9,12,15H,1-4,6-7,10-11,21H2;1H. The van der Waals surface area contributed by atoms with E-state index in [2.05, 4.69) is 26.5 Å². The van der Waals surface area contributed by atoms with Crippen LogP contribution >= 0.6 is 12.4 Å². The second-order valence-corrected chi connectivity index (χ2v) is 7.73. The minimum absolute atomic E-state index is 0. The minimum atomic E-state index is -2.55. The van der Waals surface area contributed by atoms with Crippen LogP contribution in [0.2, 0.25) is 0 Å². The third-order valence-corrected chi connectivity index (χ3v) is 5.77. The van der Waals surface area contributed by atoms with Crippen molar-refractivity contribution in [1.82, 2.24) is 14.3 Å². The molecule has 4 heterocycles. The summed E-state index contributed by atoms with van der Waals surface area (Å²) in [5.41, 5.74) is 9.92. The summed E-state index contributed by atoms with van der Waals surface area (Å²) in [6, 6.07) is 2.15. The number of halogens is 3. The number of nitrogens with zero attached hydrogens (tertiary/aromatic N) is 4. The molecule has 1 saturated carbocycles. The SMILES string of the molecule is Cl.NCc1cn2cc(C3CC3)cc(N3CCN4CC(F)(F)CC4C3)c2n1. The molecule has 1 unspecified atom stereocenters. The summed E-state index contributed by atoms with van der Waals surface area (Å²) in [4.78, 5) is 8.86. The van der Waals surface area contributed by atoms with Crippen LogP contribution < -0.4 is 10.6 Å². The summed E-state index contributed by atoms with van der Waals surface area (Å²) in [6.45, 7) is 2.40. The number of alkyl halides is 2. The number of piperazine rings is 1. The van der Waals surface area contributed by atoms with Gasteiger partial charge in [0.1, 0.15) is 0 Å². The number of hydrogen-bond acceptors (Lipinski definition) is 4. The number of aromatic nitrogens is 2. The highest BCUT2D eigenvalue weighted by Gasteiger charge is 2.47. The van der Waals surface area contributed by atoms with Crippen LogP contribution in [0.15, 0.2) is 18.5 Å². The zero-order valence-corrected chi connectivity index (χ0v) is 15.4. The van der Waals surface area contributed by atoms with Gasteiger partial charge in [0.25, 0.3) is 5.92 Å². The smallest absolute Gasteiger partial charge is 0.262 e. The quantitative estimate of drug-likeness (QED) is 0.885. The van der Waals surface area contributed by atoms with E-state index >= 15 is 0 Å². The molecule has 142 valence electrons. The molecule has 1 aliphatic carbocycles. The normalized spacial score (nSPS) is 25.3. The molecule has 3 aliphatic rings. The van der Waals surface area contributed by atoms with Crippen LogP contribution in [0.4, 0.5) is 14.5 Å². The Hall–Kier alpha value is -1.44. The molecular weight excluding hydrogens is 360 g/mol. The number of pyridine rings is 1. The molecule has 3 fully saturated rings. The number of imidazole rings is 1. The first-order chi connectivity index (χ1) is 12.0. The van der Waals surface area contributed by atoms with Crippen molar-refractivity contribution in [3.63, 3.8) is 0 Å². The van der Waals surface area contributed by atoms with Gasteiger partial charge >= 0.3 is 0 Å². The fourth-order valence-electron chi connectivity index (χ4n) is 4.34. The number of anilines is 1.